The van der Waals surface area contributed by atoms with Gasteiger partial charge in [0.25, 0.3) is 0 Å². The van der Waals surface area contributed by atoms with E-state index in [1.165, 1.54) is 16.7 Å². The third-order valence-electron chi connectivity index (χ3n) is 5.38. The van der Waals surface area contributed by atoms with Crippen molar-refractivity contribution in [1.82, 2.24) is 9.80 Å². The van der Waals surface area contributed by atoms with E-state index in [0.717, 1.165) is 26.1 Å². The lowest BCUT2D eigenvalue weighted by molar-refractivity contribution is -0.301. The zero-order valence-electron chi connectivity index (χ0n) is 20.8. The van der Waals surface area contributed by atoms with E-state index in [-0.39, 0.29) is 25.7 Å². The Labute approximate surface area is 210 Å². The first-order valence-electron chi connectivity index (χ1n) is 11.2. The standard InChI is InChI=1S/C22H26N2O3.C4H4O4.H2O/c25-21(10-11-22(26)27)24-14-12-23(13-15-24)17-20-9-5-4-8-19(20)16-18-6-2-1-3-7-18;5-3(6)1-2-4(7)8;/h1-9H,10-17H2,(H,26,27);1-2H,(H,5,6)(H,7,8);1H2/p-1/b;2-1-;. The van der Waals surface area contributed by atoms with Crippen molar-refractivity contribution in [1.29, 1.82) is 0 Å². The van der Waals surface area contributed by atoms with Crippen molar-refractivity contribution in [2.45, 2.75) is 25.8 Å². The fraction of sp³-hybridized carbons (Fsp3) is 0.308. The highest BCUT2D eigenvalue weighted by molar-refractivity contribution is 5.87. The number of piperazine rings is 1. The predicted octanol–water partition coefficient (Wildman–Crippen LogP) is -0.883. The number of carbonyl (C=O) groups is 4. The Morgan fingerprint density at radius 1 is 0.806 bits per heavy atom. The van der Waals surface area contributed by atoms with Gasteiger partial charge in [0.05, 0.1) is 18.4 Å². The molecule has 1 amide bonds. The molecule has 0 atom stereocenters. The van der Waals surface area contributed by atoms with Crippen molar-refractivity contribution in [2.24, 2.45) is 0 Å². The second-order valence-corrected chi connectivity index (χ2v) is 7.95. The van der Waals surface area contributed by atoms with Crippen LogP contribution in [-0.2, 0) is 32.1 Å². The van der Waals surface area contributed by atoms with E-state index in [1.54, 1.807) is 4.90 Å². The Kier molecular flexibility index (Phi) is 13.2. The Morgan fingerprint density at radius 2 is 1.33 bits per heavy atom. The summed E-state index contributed by atoms with van der Waals surface area (Å²) in [5, 5.41) is 27.5. The molecule has 0 spiro atoms. The molecule has 0 unspecified atom stereocenters. The molecule has 0 aliphatic carbocycles. The zero-order chi connectivity index (χ0) is 25.6. The molecular formula is C26H31N2O8-. The van der Waals surface area contributed by atoms with Crippen molar-refractivity contribution in [2.75, 3.05) is 26.2 Å². The molecule has 0 radical (unpaired) electrons. The van der Waals surface area contributed by atoms with Crippen LogP contribution in [0.15, 0.2) is 66.7 Å². The van der Waals surface area contributed by atoms with Gasteiger partial charge in [0.1, 0.15) is 0 Å². The maximum absolute atomic E-state index is 12.1. The normalized spacial score (nSPS) is 13.3. The zero-order valence-corrected chi connectivity index (χ0v) is 19.8. The van der Waals surface area contributed by atoms with Crippen molar-refractivity contribution in [3.63, 3.8) is 0 Å². The number of carboxylic acids is 3. The van der Waals surface area contributed by atoms with E-state index in [2.05, 4.69) is 53.4 Å². The van der Waals surface area contributed by atoms with E-state index in [4.69, 9.17) is 5.11 Å². The quantitative estimate of drug-likeness (QED) is 0.433. The number of nitrogens with zero attached hydrogens (tertiary/aromatic N) is 2. The summed E-state index contributed by atoms with van der Waals surface area (Å²) in [5.41, 5.74) is 3.97. The van der Waals surface area contributed by atoms with Crippen molar-refractivity contribution >= 4 is 23.8 Å². The minimum absolute atomic E-state index is 0. The molecule has 1 saturated heterocycles. The van der Waals surface area contributed by atoms with Gasteiger partial charge < -0.3 is 35.3 Å². The SMILES string of the molecule is O.O=C(O)CCC(=O)N1CCN(Cc2ccccc2Cc2ccccc2)CC1.O=C([O-])/C=C\C(=O)[O-].[H+]. The summed E-state index contributed by atoms with van der Waals surface area (Å²) >= 11 is 0. The van der Waals surface area contributed by atoms with Crippen LogP contribution in [0, 0.1) is 0 Å². The molecule has 10 nitrogen and oxygen atoms in total. The van der Waals surface area contributed by atoms with Gasteiger partial charge in [0, 0.05) is 39.1 Å². The van der Waals surface area contributed by atoms with Gasteiger partial charge >= 0.3 is 7.40 Å². The molecule has 1 aliphatic rings. The molecule has 3 rings (SSSR count). The summed E-state index contributed by atoms with van der Waals surface area (Å²) in [7, 11) is 0. The number of benzene rings is 2. The minimum Gasteiger partial charge on any atom is -0.545 e. The van der Waals surface area contributed by atoms with Crippen LogP contribution in [0.3, 0.4) is 0 Å². The maximum atomic E-state index is 12.1. The van der Waals surface area contributed by atoms with Crippen LogP contribution in [0.5, 0.6) is 0 Å². The van der Waals surface area contributed by atoms with E-state index in [1.807, 2.05) is 6.07 Å². The minimum atomic E-state index is -1.55. The molecule has 2 aromatic rings. The van der Waals surface area contributed by atoms with Crippen LogP contribution < -0.4 is 10.2 Å². The predicted molar refractivity (Wildman–Crippen MR) is 128 cm³/mol. The maximum Gasteiger partial charge on any atom is 1.00 e. The van der Waals surface area contributed by atoms with E-state index in [9.17, 15) is 29.4 Å². The first-order valence-corrected chi connectivity index (χ1v) is 11.2. The number of amides is 1. The van der Waals surface area contributed by atoms with Crippen LogP contribution >= 0.6 is 0 Å². The van der Waals surface area contributed by atoms with Crippen LogP contribution in [-0.4, -0.2) is 70.4 Å². The lowest BCUT2D eigenvalue weighted by Crippen LogP contribution is -2.48. The van der Waals surface area contributed by atoms with Gasteiger partial charge in [-0.25, -0.2) is 0 Å². The monoisotopic (exact) mass is 499 g/mol. The van der Waals surface area contributed by atoms with E-state index >= 15 is 0 Å². The summed E-state index contributed by atoms with van der Waals surface area (Å²) in [6, 6.07) is 19.0. The third kappa shape index (κ3) is 11.4. The Morgan fingerprint density at radius 3 is 1.86 bits per heavy atom. The molecule has 0 aromatic heterocycles. The van der Waals surface area contributed by atoms with Crippen molar-refractivity contribution < 1.29 is 41.4 Å². The first-order chi connectivity index (χ1) is 16.7. The lowest BCUT2D eigenvalue weighted by atomic mass is 9.99. The summed E-state index contributed by atoms with van der Waals surface area (Å²) in [6.45, 7) is 3.84. The molecule has 1 aliphatic heterocycles. The molecule has 3 N–H and O–H groups in total. The van der Waals surface area contributed by atoms with Crippen LogP contribution in [0.25, 0.3) is 0 Å². The van der Waals surface area contributed by atoms with E-state index < -0.39 is 17.9 Å². The van der Waals surface area contributed by atoms with Crippen LogP contribution in [0.1, 0.15) is 31.0 Å². The van der Waals surface area contributed by atoms with E-state index in [0.29, 0.717) is 25.2 Å². The lowest BCUT2D eigenvalue weighted by Gasteiger charge is -2.35. The highest BCUT2D eigenvalue weighted by atomic mass is 16.4. The van der Waals surface area contributed by atoms with Gasteiger partial charge in [0.2, 0.25) is 5.91 Å². The van der Waals surface area contributed by atoms with Gasteiger partial charge in [0.15, 0.2) is 0 Å². The summed E-state index contributed by atoms with van der Waals surface area (Å²) < 4.78 is 0. The number of carbonyl (C=O) groups excluding carboxylic acids is 3. The van der Waals surface area contributed by atoms with Gasteiger partial charge in [-0.3, -0.25) is 14.5 Å². The van der Waals surface area contributed by atoms with Gasteiger partial charge in [-0.1, -0.05) is 54.6 Å². The molecule has 0 saturated carbocycles. The average Bonchev–Trinajstić information content (AvgIpc) is 2.84. The molecule has 36 heavy (non-hydrogen) atoms. The highest BCUT2D eigenvalue weighted by Crippen LogP contribution is 2.17. The molecular weight excluding hydrogens is 468 g/mol. The Balaban J connectivity index is 0.00000113. The second-order valence-electron chi connectivity index (χ2n) is 7.95. The number of carboxylic acid groups (broad SMARTS) is 3. The molecule has 0 bridgehead atoms. The number of rotatable bonds is 9. The van der Waals surface area contributed by atoms with Crippen molar-refractivity contribution in [3.8, 4) is 0 Å². The van der Waals surface area contributed by atoms with Gasteiger partial charge in [-0.15, -0.1) is 0 Å². The van der Waals surface area contributed by atoms with Crippen LogP contribution in [0.4, 0.5) is 0 Å². The third-order valence-corrected chi connectivity index (χ3v) is 5.38. The smallest absolute Gasteiger partial charge is 0.545 e. The average molecular weight is 500 g/mol. The molecule has 2 aromatic carbocycles. The fourth-order valence-electron chi connectivity index (χ4n) is 3.60. The second kappa shape index (κ2) is 15.8. The highest BCUT2D eigenvalue weighted by Gasteiger charge is 2.21. The number of hydrogen-bond donors (Lipinski definition) is 1. The molecule has 1 fully saturated rings. The summed E-state index contributed by atoms with van der Waals surface area (Å²) in [4.78, 5) is 45.7. The summed E-state index contributed by atoms with van der Waals surface area (Å²) in [6.07, 6.45) is 1.69. The first kappa shape index (κ1) is 30.0. The van der Waals surface area contributed by atoms with Gasteiger partial charge in [-0.05, 0) is 35.3 Å². The Hall–Kier alpha value is -4.02. The topological polar surface area (TPSA) is 173 Å². The largest absolute Gasteiger partial charge is 1.00 e. The summed E-state index contributed by atoms with van der Waals surface area (Å²) in [5.74, 6) is -4.07. The number of hydrogen-bond acceptors (Lipinski definition) is 7. The molecule has 10 heteroatoms. The Bertz CT molecular complexity index is 1020. The van der Waals surface area contributed by atoms with Gasteiger partial charge in [-0.2, -0.15) is 0 Å². The molecule has 194 valence electrons. The van der Waals surface area contributed by atoms with Crippen LogP contribution in [0.2, 0.25) is 0 Å². The molecule has 1 heterocycles. The fourth-order valence-corrected chi connectivity index (χ4v) is 3.60. The van der Waals surface area contributed by atoms with Crippen molar-refractivity contribution in [3.05, 3.63) is 83.4 Å². The number of aliphatic carboxylic acids is 3.